The maximum atomic E-state index is 5.69. The van der Waals surface area contributed by atoms with E-state index in [2.05, 4.69) is 25.3 Å². The molecular weight excluding hydrogens is 170 g/mol. The molecule has 1 aromatic rings. The molecule has 0 bridgehead atoms. The Balaban J connectivity index is 3.12. The molecule has 0 heterocycles. The van der Waals surface area contributed by atoms with Crippen LogP contribution >= 0.6 is 0 Å². The normalized spacial score (nSPS) is 9.79. The number of hydrogen-bond donors (Lipinski definition) is 1. The summed E-state index contributed by atoms with van der Waals surface area (Å²) in [6.45, 7) is 8.11. The molecule has 2 N–H and O–H groups in total. The summed E-state index contributed by atoms with van der Waals surface area (Å²) < 4.78 is 0. The van der Waals surface area contributed by atoms with Crippen molar-refractivity contribution < 1.29 is 0 Å². The molecule has 0 saturated heterocycles. The first-order valence-electron chi connectivity index (χ1n) is 4.85. The van der Waals surface area contributed by atoms with Crippen LogP contribution < -0.4 is 5.73 Å². The highest BCUT2D eigenvalue weighted by molar-refractivity contribution is 5.37. The fourth-order valence-corrected chi connectivity index (χ4v) is 1.63. The molecule has 74 valence electrons. The van der Waals surface area contributed by atoms with Gasteiger partial charge >= 0.3 is 0 Å². The molecule has 14 heavy (non-hydrogen) atoms. The van der Waals surface area contributed by atoms with Crippen molar-refractivity contribution in [3.05, 3.63) is 60.2 Å². The van der Waals surface area contributed by atoms with Crippen LogP contribution in [-0.2, 0) is 19.4 Å². The summed E-state index contributed by atoms with van der Waals surface area (Å²) in [5.74, 6) is 0. The fraction of sp³-hybridized carbons (Fsp3) is 0.231. The number of allylic oxidation sites excluding steroid dienone is 2. The third-order valence-electron chi connectivity index (χ3n) is 2.30. The fourth-order valence-electron chi connectivity index (χ4n) is 1.63. The number of hydrogen-bond acceptors (Lipinski definition) is 1. The van der Waals surface area contributed by atoms with Crippen LogP contribution in [-0.4, -0.2) is 0 Å². The van der Waals surface area contributed by atoms with Gasteiger partial charge in [-0.05, 0) is 29.5 Å². The van der Waals surface area contributed by atoms with Crippen molar-refractivity contribution in [3.63, 3.8) is 0 Å². The average molecular weight is 187 g/mol. The first-order valence-corrected chi connectivity index (χ1v) is 4.85. The van der Waals surface area contributed by atoms with Gasteiger partial charge in [0.05, 0.1) is 0 Å². The Labute approximate surface area is 85.9 Å². The highest BCUT2D eigenvalue weighted by Crippen LogP contribution is 2.16. The number of nitrogens with two attached hydrogens (primary N) is 1. The van der Waals surface area contributed by atoms with Gasteiger partial charge < -0.3 is 5.73 Å². The lowest BCUT2D eigenvalue weighted by molar-refractivity contribution is 1.01. The maximum absolute atomic E-state index is 5.69. The molecule has 0 amide bonds. The van der Waals surface area contributed by atoms with E-state index < -0.39 is 0 Å². The van der Waals surface area contributed by atoms with Crippen molar-refractivity contribution in [2.45, 2.75) is 19.4 Å². The first-order chi connectivity index (χ1) is 6.83. The van der Waals surface area contributed by atoms with Crippen LogP contribution in [0.25, 0.3) is 0 Å². The van der Waals surface area contributed by atoms with E-state index in [9.17, 15) is 0 Å². The van der Waals surface area contributed by atoms with Crippen LogP contribution in [0.15, 0.2) is 43.5 Å². The molecule has 0 spiro atoms. The van der Waals surface area contributed by atoms with Crippen molar-refractivity contribution in [1.82, 2.24) is 0 Å². The molecular formula is C13H17N. The summed E-state index contributed by atoms with van der Waals surface area (Å²) in [6.07, 6.45) is 5.62. The molecule has 0 aliphatic carbocycles. The third kappa shape index (κ3) is 2.33. The van der Waals surface area contributed by atoms with Crippen molar-refractivity contribution in [2.24, 2.45) is 5.73 Å². The molecule has 1 rings (SSSR count). The summed E-state index contributed by atoms with van der Waals surface area (Å²) in [4.78, 5) is 0. The molecule has 0 fully saturated rings. The van der Waals surface area contributed by atoms with Gasteiger partial charge in [0, 0.05) is 6.54 Å². The summed E-state index contributed by atoms with van der Waals surface area (Å²) in [5, 5.41) is 0. The van der Waals surface area contributed by atoms with Gasteiger partial charge in [-0.1, -0.05) is 30.4 Å². The average Bonchev–Trinajstić information content (AvgIpc) is 2.21. The molecule has 0 saturated carbocycles. The zero-order valence-electron chi connectivity index (χ0n) is 8.50. The van der Waals surface area contributed by atoms with Crippen molar-refractivity contribution in [1.29, 1.82) is 0 Å². The van der Waals surface area contributed by atoms with E-state index in [1.54, 1.807) is 0 Å². The Morgan fingerprint density at radius 2 is 1.71 bits per heavy atom. The molecule has 1 aromatic carbocycles. The Hall–Kier alpha value is -1.34. The van der Waals surface area contributed by atoms with E-state index in [0.29, 0.717) is 6.54 Å². The summed E-state index contributed by atoms with van der Waals surface area (Å²) in [6, 6.07) is 6.25. The van der Waals surface area contributed by atoms with Gasteiger partial charge in [0.2, 0.25) is 0 Å². The minimum Gasteiger partial charge on any atom is -0.326 e. The molecule has 1 heteroatoms. The lowest BCUT2D eigenvalue weighted by Crippen LogP contribution is -2.04. The Bertz CT molecular complexity index is 326. The molecule has 0 radical (unpaired) electrons. The van der Waals surface area contributed by atoms with Crippen LogP contribution in [0.5, 0.6) is 0 Å². The van der Waals surface area contributed by atoms with Crippen molar-refractivity contribution in [2.75, 3.05) is 0 Å². The van der Waals surface area contributed by atoms with E-state index in [4.69, 9.17) is 5.73 Å². The predicted octanol–water partition coefficient (Wildman–Crippen LogP) is 2.60. The van der Waals surface area contributed by atoms with E-state index in [0.717, 1.165) is 12.8 Å². The Kier molecular flexibility index (Phi) is 4.14. The lowest BCUT2D eigenvalue weighted by atomic mass is 9.96. The third-order valence-corrected chi connectivity index (χ3v) is 2.30. The van der Waals surface area contributed by atoms with Gasteiger partial charge in [-0.15, -0.1) is 13.2 Å². The van der Waals surface area contributed by atoms with Crippen LogP contribution in [0.2, 0.25) is 0 Å². The minimum absolute atomic E-state index is 0.591. The van der Waals surface area contributed by atoms with Crippen molar-refractivity contribution >= 4 is 0 Å². The monoisotopic (exact) mass is 187 g/mol. The summed E-state index contributed by atoms with van der Waals surface area (Å²) in [5.41, 5.74) is 9.52. The largest absolute Gasteiger partial charge is 0.326 e. The van der Waals surface area contributed by atoms with Crippen molar-refractivity contribution in [3.8, 4) is 0 Å². The maximum Gasteiger partial charge on any atom is 0.0181 e. The summed E-state index contributed by atoms with van der Waals surface area (Å²) in [7, 11) is 0. The highest BCUT2D eigenvalue weighted by Gasteiger charge is 2.03. The van der Waals surface area contributed by atoms with Crippen LogP contribution in [0.4, 0.5) is 0 Å². The van der Waals surface area contributed by atoms with Crippen LogP contribution in [0, 0.1) is 0 Å². The standard InChI is InChI=1S/C13H17N/c1-3-6-11-8-5-9-12(10-14)13(11)7-4-2/h3-5,8-9H,1-2,6-7,10,14H2. The smallest absolute Gasteiger partial charge is 0.0181 e. The van der Waals surface area contributed by atoms with E-state index in [-0.39, 0.29) is 0 Å². The van der Waals surface area contributed by atoms with E-state index in [1.165, 1.54) is 16.7 Å². The molecule has 0 unspecified atom stereocenters. The van der Waals surface area contributed by atoms with Gasteiger partial charge in [-0.3, -0.25) is 0 Å². The SMILES string of the molecule is C=CCc1cccc(CN)c1CC=C. The predicted molar refractivity (Wildman–Crippen MR) is 62.1 cm³/mol. The highest BCUT2D eigenvalue weighted by atomic mass is 14.5. The summed E-state index contributed by atoms with van der Waals surface area (Å²) >= 11 is 0. The second-order valence-corrected chi connectivity index (χ2v) is 3.24. The molecule has 0 aliphatic heterocycles. The van der Waals surface area contributed by atoms with Crippen LogP contribution in [0.1, 0.15) is 16.7 Å². The second kappa shape index (κ2) is 5.40. The minimum atomic E-state index is 0.591. The lowest BCUT2D eigenvalue weighted by Gasteiger charge is -2.10. The van der Waals surface area contributed by atoms with Gasteiger partial charge in [0.15, 0.2) is 0 Å². The zero-order chi connectivity index (χ0) is 10.4. The van der Waals surface area contributed by atoms with E-state index in [1.807, 2.05) is 18.2 Å². The number of benzene rings is 1. The number of rotatable bonds is 5. The van der Waals surface area contributed by atoms with Gasteiger partial charge in [0.25, 0.3) is 0 Å². The topological polar surface area (TPSA) is 26.0 Å². The van der Waals surface area contributed by atoms with Gasteiger partial charge in [-0.2, -0.15) is 0 Å². The first kappa shape index (κ1) is 10.7. The van der Waals surface area contributed by atoms with Gasteiger partial charge in [0.1, 0.15) is 0 Å². The molecule has 0 aromatic heterocycles. The molecule has 0 aliphatic rings. The Morgan fingerprint density at radius 1 is 1.07 bits per heavy atom. The second-order valence-electron chi connectivity index (χ2n) is 3.24. The quantitative estimate of drug-likeness (QED) is 0.704. The van der Waals surface area contributed by atoms with Crippen LogP contribution in [0.3, 0.4) is 0 Å². The molecule has 0 atom stereocenters. The zero-order valence-corrected chi connectivity index (χ0v) is 8.50. The van der Waals surface area contributed by atoms with E-state index >= 15 is 0 Å². The van der Waals surface area contributed by atoms with Gasteiger partial charge in [-0.25, -0.2) is 0 Å². The molecule has 1 nitrogen and oxygen atoms in total. The Morgan fingerprint density at radius 3 is 2.29 bits per heavy atom.